The molecule has 1 aromatic rings. The molecule has 0 aliphatic carbocycles. The van der Waals surface area contributed by atoms with Gasteiger partial charge in [-0.2, -0.15) is 0 Å². The van der Waals surface area contributed by atoms with Crippen molar-refractivity contribution in [3.05, 3.63) is 33.9 Å². The van der Waals surface area contributed by atoms with Gasteiger partial charge in [0, 0.05) is 25.7 Å². The third-order valence-electron chi connectivity index (χ3n) is 2.22. The molecule has 1 aromatic carbocycles. The number of benzene rings is 1. The number of nitrogens with zero attached hydrogens (tertiary/aromatic N) is 1. The van der Waals surface area contributed by atoms with Crippen molar-refractivity contribution in [1.29, 1.82) is 0 Å². The maximum Gasteiger partial charge on any atom is 0.275 e. The van der Waals surface area contributed by atoms with Gasteiger partial charge in [-0.25, -0.2) is 0 Å². The molecule has 0 fully saturated rings. The monoisotopic (exact) mass is 287 g/mol. The van der Waals surface area contributed by atoms with E-state index >= 15 is 0 Å². The van der Waals surface area contributed by atoms with Gasteiger partial charge in [0.25, 0.3) is 5.69 Å². The highest BCUT2D eigenvalue weighted by molar-refractivity contribution is 5.46. The van der Waals surface area contributed by atoms with Crippen LogP contribution in [0.3, 0.4) is 0 Å². The van der Waals surface area contributed by atoms with Gasteiger partial charge in [0.1, 0.15) is 5.75 Å². The second-order valence-electron chi connectivity index (χ2n) is 3.90. The number of ether oxygens (including phenoxy) is 1. The van der Waals surface area contributed by atoms with Crippen LogP contribution < -0.4 is 4.74 Å². The van der Waals surface area contributed by atoms with E-state index in [0.717, 1.165) is 0 Å². The molecule has 0 radical (unpaired) electrons. The van der Waals surface area contributed by atoms with Crippen molar-refractivity contribution in [2.24, 2.45) is 0 Å². The molecular weight excluding hydrogens is 266 g/mol. The second-order valence-corrected chi connectivity index (χ2v) is 3.90. The summed E-state index contributed by atoms with van der Waals surface area (Å²) >= 11 is 0. The van der Waals surface area contributed by atoms with Gasteiger partial charge in [0.15, 0.2) is 0 Å². The quantitative estimate of drug-likeness (QED) is 0.414. The SMILES string of the molecule is CC(O)c1cc(OCCCO)ccc1[N+](=O)[O-].CCO. The van der Waals surface area contributed by atoms with Crippen LogP contribution in [0.4, 0.5) is 5.69 Å². The molecule has 3 N–H and O–H groups in total. The average Bonchev–Trinajstić information content (AvgIpc) is 2.39. The first-order valence-electron chi connectivity index (χ1n) is 6.28. The summed E-state index contributed by atoms with van der Waals surface area (Å²) in [6.07, 6.45) is -0.446. The summed E-state index contributed by atoms with van der Waals surface area (Å²) in [5.41, 5.74) is 0.0889. The first-order valence-corrected chi connectivity index (χ1v) is 6.28. The number of aliphatic hydroxyl groups is 3. The van der Waals surface area contributed by atoms with Crippen LogP contribution in [0, 0.1) is 10.1 Å². The molecule has 114 valence electrons. The van der Waals surface area contributed by atoms with Crippen molar-refractivity contribution in [2.45, 2.75) is 26.4 Å². The highest BCUT2D eigenvalue weighted by Crippen LogP contribution is 2.29. The normalized spacial score (nSPS) is 11.2. The Hall–Kier alpha value is -1.70. The van der Waals surface area contributed by atoms with E-state index in [9.17, 15) is 15.2 Å². The molecule has 1 atom stereocenters. The Kier molecular flexibility index (Phi) is 9.27. The van der Waals surface area contributed by atoms with Gasteiger partial charge in [-0.15, -0.1) is 0 Å². The molecule has 0 aliphatic rings. The minimum absolute atomic E-state index is 0.0240. The molecule has 0 aliphatic heterocycles. The van der Waals surface area contributed by atoms with Gasteiger partial charge >= 0.3 is 0 Å². The zero-order valence-electron chi connectivity index (χ0n) is 11.7. The van der Waals surface area contributed by atoms with Crippen LogP contribution in [-0.2, 0) is 0 Å². The fourth-order valence-corrected chi connectivity index (χ4v) is 1.38. The average molecular weight is 287 g/mol. The van der Waals surface area contributed by atoms with Crippen LogP contribution in [0.1, 0.15) is 31.9 Å². The first-order chi connectivity index (χ1) is 9.47. The van der Waals surface area contributed by atoms with E-state index in [1.165, 1.54) is 25.1 Å². The molecule has 1 rings (SSSR count). The Morgan fingerprint density at radius 1 is 1.40 bits per heavy atom. The number of hydrogen-bond donors (Lipinski definition) is 3. The summed E-state index contributed by atoms with van der Waals surface area (Å²) in [6.45, 7) is 3.74. The summed E-state index contributed by atoms with van der Waals surface area (Å²) in [7, 11) is 0. The minimum atomic E-state index is -0.934. The smallest absolute Gasteiger partial charge is 0.275 e. The molecule has 0 spiro atoms. The standard InChI is InChI=1S/C11H15NO5.C2H6O/c1-8(14)10-7-9(17-6-2-5-13)3-4-11(10)12(15)16;1-2-3/h3-4,7-8,13-14H,2,5-6H2,1H3;3H,2H2,1H3. The predicted molar refractivity (Wildman–Crippen MR) is 73.7 cm³/mol. The van der Waals surface area contributed by atoms with Gasteiger partial charge in [-0.1, -0.05) is 0 Å². The first kappa shape index (κ1) is 18.3. The zero-order valence-corrected chi connectivity index (χ0v) is 11.7. The fourth-order valence-electron chi connectivity index (χ4n) is 1.38. The van der Waals surface area contributed by atoms with Crippen molar-refractivity contribution in [1.82, 2.24) is 0 Å². The van der Waals surface area contributed by atoms with E-state index in [0.29, 0.717) is 18.8 Å². The Morgan fingerprint density at radius 3 is 2.45 bits per heavy atom. The predicted octanol–water partition coefficient (Wildman–Crippen LogP) is 1.41. The van der Waals surface area contributed by atoms with Gasteiger partial charge in [-0.05, 0) is 26.0 Å². The highest BCUT2D eigenvalue weighted by Gasteiger charge is 2.18. The molecule has 0 saturated carbocycles. The van der Waals surface area contributed by atoms with E-state index in [2.05, 4.69) is 0 Å². The molecule has 1 unspecified atom stereocenters. The van der Waals surface area contributed by atoms with Crippen LogP contribution in [0.2, 0.25) is 0 Å². The molecule has 0 heterocycles. The second kappa shape index (κ2) is 10.1. The largest absolute Gasteiger partial charge is 0.493 e. The lowest BCUT2D eigenvalue weighted by Crippen LogP contribution is -2.03. The number of aliphatic hydroxyl groups excluding tert-OH is 3. The maximum absolute atomic E-state index is 10.7. The van der Waals surface area contributed by atoms with Crippen LogP contribution in [0.5, 0.6) is 5.75 Å². The number of rotatable bonds is 6. The molecule has 0 aromatic heterocycles. The zero-order chi connectivity index (χ0) is 15.5. The molecule has 0 bridgehead atoms. The number of nitro groups is 1. The Bertz CT molecular complexity index is 408. The Morgan fingerprint density at radius 2 is 2.00 bits per heavy atom. The maximum atomic E-state index is 10.7. The summed E-state index contributed by atoms with van der Waals surface area (Å²) in [5, 5.41) is 36.3. The van der Waals surface area contributed by atoms with Crippen molar-refractivity contribution in [2.75, 3.05) is 19.8 Å². The van der Waals surface area contributed by atoms with Crippen molar-refractivity contribution in [3.8, 4) is 5.75 Å². The third kappa shape index (κ3) is 6.46. The lowest BCUT2D eigenvalue weighted by Gasteiger charge is -2.09. The fraction of sp³-hybridized carbons (Fsp3) is 0.538. The Balaban J connectivity index is 0.00000110. The molecule has 0 saturated heterocycles. The number of nitro benzene ring substituents is 1. The summed E-state index contributed by atoms with van der Waals surface area (Å²) < 4.78 is 5.28. The number of hydrogen-bond acceptors (Lipinski definition) is 6. The van der Waals surface area contributed by atoms with E-state index in [-0.39, 0.29) is 24.5 Å². The summed E-state index contributed by atoms with van der Waals surface area (Å²) in [5.74, 6) is 0.444. The van der Waals surface area contributed by atoms with E-state index in [1.54, 1.807) is 6.92 Å². The molecule has 7 nitrogen and oxygen atoms in total. The van der Waals surface area contributed by atoms with Crippen LogP contribution in [-0.4, -0.2) is 40.1 Å². The summed E-state index contributed by atoms with van der Waals surface area (Å²) in [4.78, 5) is 10.2. The lowest BCUT2D eigenvalue weighted by atomic mass is 10.1. The van der Waals surface area contributed by atoms with E-state index in [4.69, 9.17) is 14.9 Å². The van der Waals surface area contributed by atoms with Crippen LogP contribution in [0.15, 0.2) is 18.2 Å². The van der Waals surface area contributed by atoms with Gasteiger partial charge in [0.2, 0.25) is 0 Å². The van der Waals surface area contributed by atoms with E-state index < -0.39 is 11.0 Å². The van der Waals surface area contributed by atoms with Crippen molar-refractivity contribution >= 4 is 5.69 Å². The van der Waals surface area contributed by atoms with Gasteiger partial charge < -0.3 is 20.1 Å². The topological polar surface area (TPSA) is 113 Å². The third-order valence-corrected chi connectivity index (χ3v) is 2.22. The van der Waals surface area contributed by atoms with Crippen LogP contribution in [0.25, 0.3) is 0 Å². The molecule has 7 heteroatoms. The van der Waals surface area contributed by atoms with Crippen molar-refractivity contribution < 1.29 is 25.0 Å². The summed E-state index contributed by atoms with van der Waals surface area (Å²) in [6, 6.07) is 4.22. The van der Waals surface area contributed by atoms with Gasteiger partial charge in [-0.3, -0.25) is 10.1 Å². The van der Waals surface area contributed by atoms with E-state index in [1.807, 2.05) is 0 Å². The molecule has 20 heavy (non-hydrogen) atoms. The Labute approximate surface area is 117 Å². The molecule has 0 amide bonds. The lowest BCUT2D eigenvalue weighted by molar-refractivity contribution is -0.386. The molecular formula is C13H21NO6. The van der Waals surface area contributed by atoms with Crippen molar-refractivity contribution in [3.63, 3.8) is 0 Å². The minimum Gasteiger partial charge on any atom is -0.493 e. The van der Waals surface area contributed by atoms with Crippen LogP contribution >= 0.6 is 0 Å². The highest BCUT2D eigenvalue weighted by atomic mass is 16.6. The van der Waals surface area contributed by atoms with Gasteiger partial charge in [0.05, 0.1) is 23.2 Å².